The van der Waals surface area contributed by atoms with Crippen molar-refractivity contribution in [3.63, 3.8) is 0 Å². The molecule has 0 N–H and O–H groups in total. The molecule has 0 aromatic heterocycles. The zero-order valence-corrected chi connectivity index (χ0v) is 6.41. The van der Waals surface area contributed by atoms with E-state index in [1.54, 1.807) is 0 Å². The van der Waals surface area contributed by atoms with Gasteiger partial charge in [0.15, 0.2) is 0 Å². The monoisotopic (exact) mass is 175 g/mol. The third-order valence-corrected chi connectivity index (χ3v) is 1.74. The van der Waals surface area contributed by atoms with E-state index in [1.165, 1.54) is 0 Å². The van der Waals surface area contributed by atoms with Crippen LogP contribution >= 0.6 is 0 Å². The second-order valence-corrected chi connectivity index (χ2v) is 2.86. The molecule has 1 atom stereocenters. The average Bonchev–Trinajstić information content (AvgIpc) is 2.13. The van der Waals surface area contributed by atoms with Crippen molar-refractivity contribution in [1.29, 1.82) is 0 Å². The van der Waals surface area contributed by atoms with Gasteiger partial charge in [0.25, 0.3) is 0 Å². The minimum atomic E-state index is -2.12. The van der Waals surface area contributed by atoms with E-state index in [4.69, 9.17) is 6.85 Å². The van der Waals surface area contributed by atoms with Crippen LogP contribution in [0.25, 0.3) is 0 Å². The number of benzene rings is 1. The molecule has 42 valence electrons. The molecule has 0 saturated carbocycles. The van der Waals surface area contributed by atoms with Gasteiger partial charge in [-0.3, -0.25) is 0 Å². The van der Waals surface area contributed by atoms with Crippen LogP contribution in [0.5, 0.6) is 0 Å². The summed E-state index contributed by atoms with van der Waals surface area (Å²) in [6.45, 7) is 0. The maximum atomic E-state index is 10.7. The standard InChI is InChI=1S/C6H7AsO/c8-7-6-4-2-1-3-5-6/h1-5H,7H2/i1D,2D,3D,4D,5D. The Morgan fingerprint density at radius 3 is 2.50 bits per heavy atom. The van der Waals surface area contributed by atoms with Crippen LogP contribution in [-0.2, 0) is 3.74 Å². The quantitative estimate of drug-likeness (QED) is 0.541. The van der Waals surface area contributed by atoms with E-state index in [9.17, 15) is 3.74 Å². The molecule has 0 spiro atoms. The molecule has 0 saturated heterocycles. The van der Waals surface area contributed by atoms with Crippen LogP contribution in [0.4, 0.5) is 0 Å². The first-order chi connectivity index (χ1) is 6.00. The Hall–Kier alpha value is -0.422. The molecule has 8 heavy (non-hydrogen) atoms. The van der Waals surface area contributed by atoms with Gasteiger partial charge in [-0.15, -0.1) is 0 Å². The number of hydrogen-bond acceptors (Lipinski definition) is 1. The summed E-state index contributed by atoms with van der Waals surface area (Å²) in [4.78, 5) is 0. The molecular formula is C6H7AsO. The van der Waals surface area contributed by atoms with E-state index in [0.717, 1.165) is 0 Å². The predicted molar refractivity (Wildman–Crippen MR) is 35.3 cm³/mol. The number of rotatable bonds is 1. The second-order valence-electron chi connectivity index (χ2n) is 1.16. The minimum absolute atomic E-state index is 0.0187. The van der Waals surface area contributed by atoms with E-state index in [2.05, 4.69) is 0 Å². The molecule has 0 amide bonds. The Labute approximate surface area is 61.7 Å². The molecule has 1 rings (SSSR count). The summed E-state index contributed by atoms with van der Waals surface area (Å²) in [5, 5.41) is 0. The van der Waals surface area contributed by atoms with Gasteiger partial charge in [0.05, 0.1) is 0 Å². The molecule has 2 heteroatoms. The van der Waals surface area contributed by atoms with Gasteiger partial charge in [-0.2, -0.15) is 0 Å². The normalized spacial score (nSPS) is 19.2. The summed E-state index contributed by atoms with van der Waals surface area (Å²) in [6, 6.07) is -1.93. The van der Waals surface area contributed by atoms with Crippen molar-refractivity contribution in [2.24, 2.45) is 0 Å². The molecule has 0 aliphatic heterocycles. The maximum absolute atomic E-state index is 10.7. The molecule has 1 aromatic rings. The van der Waals surface area contributed by atoms with Crippen molar-refractivity contribution in [2.45, 2.75) is 0 Å². The molecular weight excluding hydrogens is 163 g/mol. The first-order valence-electron chi connectivity index (χ1n) is 4.52. The fourth-order valence-corrected chi connectivity index (χ4v) is 0.869. The van der Waals surface area contributed by atoms with Gasteiger partial charge in [-0.05, 0) is 0 Å². The zero-order chi connectivity index (χ0) is 10.2. The molecule has 0 aliphatic rings. The Balaban J connectivity index is 3.66. The van der Waals surface area contributed by atoms with E-state index in [0.29, 0.717) is 0 Å². The fourth-order valence-electron chi connectivity index (χ4n) is 0.319. The Morgan fingerprint density at radius 2 is 2.00 bits per heavy atom. The molecule has 1 aromatic carbocycles. The van der Waals surface area contributed by atoms with Crippen molar-refractivity contribution in [2.75, 3.05) is 0 Å². The van der Waals surface area contributed by atoms with Crippen LogP contribution in [0.15, 0.2) is 30.2 Å². The van der Waals surface area contributed by atoms with E-state index < -0.39 is 33.8 Å². The van der Waals surface area contributed by atoms with Gasteiger partial charge in [0.1, 0.15) is 0 Å². The van der Waals surface area contributed by atoms with Crippen LogP contribution in [0, 0.1) is 0 Å². The average molecular weight is 175 g/mol. The number of hydrogen-bond donors (Lipinski definition) is 0. The van der Waals surface area contributed by atoms with Gasteiger partial charge in [0.2, 0.25) is 0 Å². The van der Waals surface area contributed by atoms with Crippen LogP contribution in [0.3, 0.4) is 0 Å². The van der Waals surface area contributed by atoms with Gasteiger partial charge < -0.3 is 0 Å². The van der Waals surface area contributed by atoms with Crippen LogP contribution in [0.2, 0.25) is 0 Å². The van der Waals surface area contributed by atoms with Crippen molar-refractivity contribution >= 4 is 20.0 Å². The van der Waals surface area contributed by atoms with Crippen molar-refractivity contribution < 1.29 is 10.6 Å². The van der Waals surface area contributed by atoms with Crippen molar-refractivity contribution in [3.8, 4) is 0 Å². The van der Waals surface area contributed by atoms with Gasteiger partial charge in [-0.25, -0.2) is 0 Å². The van der Waals surface area contributed by atoms with Crippen LogP contribution < -0.4 is 4.35 Å². The van der Waals surface area contributed by atoms with Crippen molar-refractivity contribution in [1.82, 2.24) is 0 Å². The predicted octanol–water partition coefficient (Wildman–Crippen LogP) is -0.174. The summed E-state index contributed by atoms with van der Waals surface area (Å²) >= 11 is -2.12. The molecule has 0 heterocycles. The second kappa shape index (κ2) is 2.78. The molecule has 0 bridgehead atoms. The van der Waals surface area contributed by atoms with E-state index >= 15 is 0 Å². The Bertz CT molecular complexity index is 349. The first kappa shape index (κ1) is 2.07. The van der Waals surface area contributed by atoms with Crippen LogP contribution in [0.1, 0.15) is 6.85 Å². The fraction of sp³-hybridized carbons (Fsp3) is 0. The molecule has 1 unspecified atom stereocenters. The Morgan fingerprint density at radius 1 is 1.38 bits per heavy atom. The van der Waals surface area contributed by atoms with Gasteiger partial charge in [-0.1, -0.05) is 0 Å². The summed E-state index contributed by atoms with van der Waals surface area (Å²) in [7, 11) is 0. The SMILES string of the molecule is [2H]c1c([2H])c([2H])c([AsH2]=O)c([2H])c1[2H]. The van der Waals surface area contributed by atoms with Crippen molar-refractivity contribution in [3.05, 3.63) is 30.2 Å². The summed E-state index contributed by atoms with van der Waals surface area (Å²) in [5.41, 5.74) is 0. The summed E-state index contributed by atoms with van der Waals surface area (Å²) < 4.78 is 46.9. The van der Waals surface area contributed by atoms with E-state index in [1.807, 2.05) is 0 Å². The third-order valence-electron chi connectivity index (χ3n) is 0.637. The van der Waals surface area contributed by atoms with Crippen LogP contribution in [-0.4, -0.2) is 15.7 Å². The molecule has 1 nitrogen and oxygen atoms in total. The molecule has 0 radical (unpaired) electrons. The Kier molecular flexibility index (Phi) is 0.721. The first-order valence-corrected chi connectivity index (χ1v) is 4.22. The third kappa shape index (κ3) is 1.27. The summed E-state index contributed by atoms with van der Waals surface area (Å²) in [6.07, 6.45) is 0. The zero-order valence-electron chi connectivity index (χ0n) is 8.99. The summed E-state index contributed by atoms with van der Waals surface area (Å²) in [5.74, 6) is 0. The topological polar surface area (TPSA) is 17.1 Å². The molecule has 0 fully saturated rings. The molecule has 0 aliphatic carbocycles. The van der Waals surface area contributed by atoms with Gasteiger partial charge in [0, 0.05) is 0 Å². The van der Waals surface area contributed by atoms with Gasteiger partial charge >= 0.3 is 60.8 Å². The van der Waals surface area contributed by atoms with E-state index in [-0.39, 0.29) is 16.4 Å².